The second kappa shape index (κ2) is 4.82. The number of H-pyrrole nitrogens is 1. The minimum absolute atomic E-state index is 0.0128. The van der Waals surface area contributed by atoms with E-state index in [4.69, 9.17) is 0 Å². The summed E-state index contributed by atoms with van der Waals surface area (Å²) in [5.74, 6) is 0. The number of fused-ring (bicyclic) bond motifs is 1. The van der Waals surface area contributed by atoms with Gasteiger partial charge in [0.1, 0.15) is 0 Å². The molecule has 2 atom stereocenters. The molecule has 6 nitrogen and oxygen atoms in total. The highest BCUT2D eigenvalue weighted by molar-refractivity contribution is 7.89. The Bertz CT molecular complexity index is 715. The molecule has 0 aliphatic carbocycles. The van der Waals surface area contributed by atoms with Crippen LogP contribution < -0.4 is 0 Å². The van der Waals surface area contributed by atoms with Crippen molar-refractivity contribution in [2.45, 2.75) is 50.2 Å². The molecule has 1 aliphatic rings. The van der Waals surface area contributed by atoms with E-state index in [1.165, 1.54) is 0 Å². The van der Waals surface area contributed by atoms with Crippen molar-refractivity contribution < 1.29 is 8.42 Å². The number of nitrogens with one attached hydrogen (secondary N) is 1. The summed E-state index contributed by atoms with van der Waals surface area (Å²) in [4.78, 5) is 4.07. The van der Waals surface area contributed by atoms with Crippen molar-refractivity contribution in [1.82, 2.24) is 19.5 Å². The number of aromatic nitrogens is 3. The van der Waals surface area contributed by atoms with E-state index in [9.17, 15) is 8.42 Å². The van der Waals surface area contributed by atoms with Crippen LogP contribution in [0.3, 0.4) is 0 Å². The molecular formula is C13H18N4O2S. The molecule has 3 heterocycles. The van der Waals surface area contributed by atoms with Gasteiger partial charge in [-0.05, 0) is 38.8 Å². The summed E-state index contributed by atoms with van der Waals surface area (Å²) in [6.07, 6.45) is 4.47. The predicted molar refractivity (Wildman–Crippen MR) is 75.7 cm³/mol. The van der Waals surface area contributed by atoms with Crippen LogP contribution in [0.1, 0.15) is 33.1 Å². The number of sulfonamides is 1. The van der Waals surface area contributed by atoms with Crippen LogP contribution in [-0.4, -0.2) is 40.0 Å². The van der Waals surface area contributed by atoms with Gasteiger partial charge in [-0.1, -0.05) is 6.42 Å². The molecule has 0 unspecified atom stereocenters. The fraction of sp³-hybridized carbons (Fsp3) is 0.538. The largest absolute Gasteiger partial charge is 0.263 e. The number of hydrogen-bond donors (Lipinski definition) is 1. The summed E-state index contributed by atoms with van der Waals surface area (Å²) in [7, 11) is -3.57. The van der Waals surface area contributed by atoms with Crippen LogP contribution >= 0.6 is 0 Å². The number of pyridine rings is 1. The van der Waals surface area contributed by atoms with Crippen molar-refractivity contribution in [1.29, 1.82) is 0 Å². The monoisotopic (exact) mass is 294 g/mol. The van der Waals surface area contributed by atoms with Crippen molar-refractivity contribution in [3.05, 3.63) is 18.3 Å². The van der Waals surface area contributed by atoms with Crippen LogP contribution in [0.5, 0.6) is 0 Å². The highest BCUT2D eigenvalue weighted by atomic mass is 32.2. The SMILES string of the molecule is C[C@@H]1CCC[C@H](C)N1S(=O)(=O)c1[nH]nc2ncccc12. The molecule has 0 bridgehead atoms. The summed E-state index contributed by atoms with van der Waals surface area (Å²) >= 11 is 0. The van der Waals surface area contributed by atoms with Crippen molar-refractivity contribution in [3.8, 4) is 0 Å². The van der Waals surface area contributed by atoms with Gasteiger partial charge in [-0.25, -0.2) is 13.4 Å². The van der Waals surface area contributed by atoms with Crippen molar-refractivity contribution in [3.63, 3.8) is 0 Å². The molecule has 0 aromatic carbocycles. The molecular weight excluding hydrogens is 276 g/mol. The Hall–Kier alpha value is -1.47. The maximum atomic E-state index is 12.9. The quantitative estimate of drug-likeness (QED) is 0.917. The zero-order valence-electron chi connectivity index (χ0n) is 11.6. The molecule has 7 heteroatoms. The summed E-state index contributed by atoms with van der Waals surface area (Å²) in [5, 5.41) is 7.35. The first-order valence-electron chi connectivity index (χ1n) is 6.84. The summed E-state index contributed by atoms with van der Waals surface area (Å²) in [6.45, 7) is 3.92. The lowest BCUT2D eigenvalue weighted by molar-refractivity contribution is 0.204. The first-order chi connectivity index (χ1) is 9.51. The van der Waals surface area contributed by atoms with E-state index in [1.807, 2.05) is 13.8 Å². The maximum Gasteiger partial charge on any atom is 0.261 e. The summed E-state index contributed by atoms with van der Waals surface area (Å²) < 4.78 is 27.4. The molecule has 1 fully saturated rings. The minimum atomic E-state index is -3.57. The van der Waals surface area contributed by atoms with E-state index < -0.39 is 10.0 Å². The molecule has 20 heavy (non-hydrogen) atoms. The Morgan fingerprint density at radius 3 is 2.70 bits per heavy atom. The molecule has 1 aliphatic heterocycles. The lowest BCUT2D eigenvalue weighted by atomic mass is 10.0. The third-order valence-electron chi connectivity index (χ3n) is 3.94. The van der Waals surface area contributed by atoms with Crippen LogP contribution in [0.2, 0.25) is 0 Å². The van der Waals surface area contributed by atoms with E-state index in [2.05, 4.69) is 15.2 Å². The molecule has 0 spiro atoms. The fourth-order valence-electron chi connectivity index (χ4n) is 3.00. The number of hydrogen-bond acceptors (Lipinski definition) is 4. The van der Waals surface area contributed by atoms with E-state index in [0.717, 1.165) is 19.3 Å². The Morgan fingerprint density at radius 2 is 2.00 bits per heavy atom. The highest BCUT2D eigenvalue weighted by Gasteiger charge is 2.37. The summed E-state index contributed by atoms with van der Waals surface area (Å²) in [5.41, 5.74) is 0.434. The smallest absolute Gasteiger partial charge is 0.261 e. The molecule has 0 saturated carbocycles. The van der Waals surface area contributed by atoms with E-state index in [-0.39, 0.29) is 17.1 Å². The standard InChI is InChI=1S/C13H18N4O2S/c1-9-5-3-6-10(2)17(9)20(18,19)13-11-7-4-8-14-12(11)15-16-13/h4,7-10H,3,5-6H2,1-2H3,(H,14,15,16)/t9-,10+. The lowest BCUT2D eigenvalue weighted by Crippen LogP contribution is -2.47. The molecule has 2 aromatic rings. The molecule has 108 valence electrons. The highest BCUT2D eigenvalue weighted by Crippen LogP contribution is 2.31. The van der Waals surface area contributed by atoms with Gasteiger partial charge in [0.05, 0.1) is 5.39 Å². The van der Waals surface area contributed by atoms with Gasteiger partial charge >= 0.3 is 0 Å². The van der Waals surface area contributed by atoms with Crippen LogP contribution in [-0.2, 0) is 10.0 Å². The van der Waals surface area contributed by atoms with Gasteiger partial charge in [-0.2, -0.15) is 9.40 Å². The molecule has 2 aromatic heterocycles. The summed E-state index contributed by atoms with van der Waals surface area (Å²) in [6, 6.07) is 3.48. The van der Waals surface area contributed by atoms with Gasteiger partial charge < -0.3 is 0 Å². The molecule has 1 N–H and O–H groups in total. The molecule has 3 rings (SSSR count). The zero-order valence-corrected chi connectivity index (χ0v) is 12.4. The zero-order chi connectivity index (χ0) is 14.3. The van der Waals surface area contributed by atoms with E-state index >= 15 is 0 Å². The Morgan fingerprint density at radius 1 is 1.30 bits per heavy atom. The Kier molecular flexibility index (Phi) is 3.25. The third kappa shape index (κ3) is 2.01. The van der Waals surface area contributed by atoms with Gasteiger partial charge in [0, 0.05) is 18.3 Å². The average molecular weight is 294 g/mol. The second-order valence-corrected chi connectivity index (χ2v) is 7.17. The Balaban J connectivity index is 2.11. The fourth-order valence-corrected chi connectivity index (χ4v) is 4.97. The van der Waals surface area contributed by atoms with Crippen LogP contribution in [0, 0.1) is 0 Å². The first-order valence-corrected chi connectivity index (χ1v) is 8.28. The lowest BCUT2D eigenvalue weighted by Gasteiger charge is -2.37. The van der Waals surface area contributed by atoms with Gasteiger partial charge in [0.15, 0.2) is 10.7 Å². The van der Waals surface area contributed by atoms with Crippen molar-refractivity contribution in [2.75, 3.05) is 0 Å². The van der Waals surface area contributed by atoms with Gasteiger partial charge in [0.2, 0.25) is 0 Å². The van der Waals surface area contributed by atoms with Crippen LogP contribution in [0.25, 0.3) is 11.0 Å². The molecule has 0 radical (unpaired) electrons. The van der Waals surface area contributed by atoms with Crippen LogP contribution in [0.15, 0.2) is 23.4 Å². The number of aromatic amines is 1. The van der Waals surface area contributed by atoms with E-state index in [0.29, 0.717) is 11.0 Å². The van der Waals surface area contributed by atoms with Gasteiger partial charge in [-0.15, -0.1) is 0 Å². The van der Waals surface area contributed by atoms with Gasteiger partial charge in [-0.3, -0.25) is 5.10 Å². The van der Waals surface area contributed by atoms with Gasteiger partial charge in [0.25, 0.3) is 10.0 Å². The number of rotatable bonds is 2. The molecule has 0 amide bonds. The topological polar surface area (TPSA) is 79.0 Å². The third-order valence-corrected chi connectivity index (χ3v) is 6.04. The Labute approximate surface area is 118 Å². The number of nitrogens with zero attached hydrogens (tertiary/aromatic N) is 3. The predicted octanol–water partition coefficient (Wildman–Crippen LogP) is 1.91. The van der Waals surface area contributed by atoms with Crippen molar-refractivity contribution >= 4 is 21.1 Å². The average Bonchev–Trinajstić information content (AvgIpc) is 2.82. The second-order valence-electron chi connectivity index (χ2n) is 5.39. The number of piperidine rings is 1. The van der Waals surface area contributed by atoms with Crippen molar-refractivity contribution in [2.24, 2.45) is 0 Å². The first kappa shape index (κ1) is 13.5. The molecule has 1 saturated heterocycles. The van der Waals surface area contributed by atoms with E-state index in [1.54, 1.807) is 22.6 Å². The van der Waals surface area contributed by atoms with Crippen LogP contribution in [0.4, 0.5) is 0 Å². The minimum Gasteiger partial charge on any atom is -0.263 e. The maximum absolute atomic E-state index is 12.9. The normalized spacial score (nSPS) is 25.1.